The molecule has 0 amide bonds. The van der Waals surface area contributed by atoms with Crippen LogP contribution < -0.4 is 5.32 Å². The second kappa shape index (κ2) is 7.04. The lowest BCUT2D eigenvalue weighted by Gasteiger charge is -2.11. The highest BCUT2D eigenvalue weighted by Crippen LogP contribution is 2.45. The number of hydrogen-bond acceptors (Lipinski definition) is 4. The second-order valence-electron chi connectivity index (χ2n) is 6.72. The Morgan fingerprint density at radius 2 is 2.07 bits per heavy atom. The van der Waals surface area contributed by atoms with Crippen LogP contribution in [0.25, 0.3) is 11.3 Å². The average Bonchev–Trinajstić information content (AvgIpc) is 3.42. The lowest BCUT2D eigenvalue weighted by molar-refractivity contribution is -0.383. The maximum Gasteiger partial charge on any atom is 0.292 e. The van der Waals surface area contributed by atoms with E-state index in [2.05, 4.69) is 14.9 Å². The van der Waals surface area contributed by atoms with Gasteiger partial charge in [0.15, 0.2) is 0 Å². The number of rotatable bonds is 6. The summed E-state index contributed by atoms with van der Waals surface area (Å²) in [4.78, 5) is 15.4. The molecular formula is C20H19ClN4O2. The number of nitro benzene ring substituents is 1. The molecule has 2 aromatic carbocycles. The fourth-order valence-electron chi connectivity index (χ4n) is 3.40. The Labute approximate surface area is 162 Å². The first-order valence-corrected chi connectivity index (χ1v) is 9.21. The molecule has 0 radical (unpaired) electrons. The predicted molar refractivity (Wildman–Crippen MR) is 106 cm³/mol. The minimum atomic E-state index is -0.377. The Hall–Kier alpha value is -2.86. The molecule has 0 unspecified atom stereocenters. The van der Waals surface area contributed by atoms with E-state index in [1.807, 2.05) is 36.7 Å². The topological polar surface area (TPSA) is 73.0 Å². The van der Waals surface area contributed by atoms with E-state index in [4.69, 9.17) is 11.6 Å². The van der Waals surface area contributed by atoms with Crippen molar-refractivity contribution < 1.29 is 4.92 Å². The summed E-state index contributed by atoms with van der Waals surface area (Å²) in [7, 11) is 1.69. The quantitative estimate of drug-likeness (QED) is 0.476. The third-order valence-corrected chi connectivity index (χ3v) is 5.18. The molecule has 0 atom stereocenters. The monoisotopic (exact) mass is 382 g/mol. The van der Waals surface area contributed by atoms with Gasteiger partial charge in [0.25, 0.3) is 5.69 Å². The minimum absolute atomic E-state index is 0.0750. The van der Waals surface area contributed by atoms with Gasteiger partial charge < -0.3 is 9.88 Å². The predicted octanol–water partition coefficient (Wildman–Crippen LogP) is 5.08. The van der Waals surface area contributed by atoms with Gasteiger partial charge in [-0.15, -0.1) is 0 Å². The van der Waals surface area contributed by atoms with Gasteiger partial charge in [0.1, 0.15) is 5.69 Å². The van der Waals surface area contributed by atoms with Gasteiger partial charge in [-0.25, -0.2) is 4.98 Å². The first-order valence-electron chi connectivity index (χ1n) is 8.83. The molecule has 1 aliphatic rings. The molecular weight excluding hydrogens is 364 g/mol. The van der Waals surface area contributed by atoms with Crippen molar-refractivity contribution >= 4 is 23.0 Å². The van der Waals surface area contributed by atoms with Crippen LogP contribution in [-0.2, 0) is 6.54 Å². The van der Waals surface area contributed by atoms with Crippen molar-refractivity contribution in [3.05, 3.63) is 75.2 Å². The molecule has 4 rings (SSSR count). The smallest absolute Gasteiger partial charge is 0.292 e. The molecule has 1 N–H and O–H groups in total. The van der Waals surface area contributed by atoms with Gasteiger partial charge in [0.2, 0.25) is 0 Å². The Morgan fingerprint density at radius 3 is 2.74 bits per heavy atom. The van der Waals surface area contributed by atoms with Crippen molar-refractivity contribution in [1.29, 1.82) is 0 Å². The van der Waals surface area contributed by atoms with Crippen LogP contribution in [0.3, 0.4) is 0 Å². The number of benzene rings is 2. The maximum atomic E-state index is 11.1. The summed E-state index contributed by atoms with van der Waals surface area (Å²) < 4.78 is 2.14. The summed E-state index contributed by atoms with van der Waals surface area (Å²) in [6.45, 7) is 0.607. The molecule has 27 heavy (non-hydrogen) atoms. The van der Waals surface area contributed by atoms with Crippen LogP contribution in [0, 0.1) is 10.1 Å². The van der Waals surface area contributed by atoms with E-state index in [9.17, 15) is 10.1 Å². The minimum Gasteiger partial charge on any atom is -0.383 e. The largest absolute Gasteiger partial charge is 0.383 e. The molecule has 1 aliphatic carbocycles. The number of hydrogen-bond donors (Lipinski definition) is 1. The van der Waals surface area contributed by atoms with E-state index in [1.165, 1.54) is 5.69 Å². The highest BCUT2D eigenvalue weighted by atomic mass is 35.5. The number of imidazole rings is 1. The van der Waals surface area contributed by atoms with Crippen LogP contribution in [0.15, 0.2) is 48.8 Å². The third-order valence-electron chi connectivity index (χ3n) is 4.85. The van der Waals surface area contributed by atoms with Crippen molar-refractivity contribution in [3.8, 4) is 11.3 Å². The molecule has 0 bridgehead atoms. The summed E-state index contributed by atoms with van der Waals surface area (Å²) in [5, 5.41) is 14.7. The van der Waals surface area contributed by atoms with Crippen LogP contribution >= 0.6 is 11.6 Å². The zero-order valence-corrected chi connectivity index (χ0v) is 15.6. The molecule has 6 nitrogen and oxygen atoms in total. The molecule has 1 fully saturated rings. The van der Waals surface area contributed by atoms with Crippen molar-refractivity contribution in [2.24, 2.45) is 0 Å². The first kappa shape index (κ1) is 17.5. The maximum absolute atomic E-state index is 11.1. The van der Waals surface area contributed by atoms with Crippen molar-refractivity contribution in [2.75, 3.05) is 12.4 Å². The fourth-order valence-corrected chi connectivity index (χ4v) is 3.63. The summed E-state index contributed by atoms with van der Waals surface area (Å²) in [6, 6.07) is 12.9. The Bertz CT molecular complexity index is 1010. The lowest BCUT2D eigenvalue weighted by atomic mass is 10.1. The van der Waals surface area contributed by atoms with E-state index < -0.39 is 0 Å². The first-order chi connectivity index (χ1) is 13.1. The van der Waals surface area contributed by atoms with Crippen molar-refractivity contribution in [1.82, 2.24) is 9.55 Å². The van der Waals surface area contributed by atoms with Gasteiger partial charge in [0.05, 0.1) is 22.0 Å². The SMILES string of the molecule is CNc1cc(Cn2cnc(-c3ccccc3Cl)c2C2CC2)ccc1[N+](=O)[O-]. The number of halogens is 1. The summed E-state index contributed by atoms with van der Waals surface area (Å²) in [6.07, 6.45) is 4.13. The summed E-state index contributed by atoms with van der Waals surface area (Å²) in [5.74, 6) is 0.487. The molecule has 1 saturated carbocycles. The van der Waals surface area contributed by atoms with E-state index in [-0.39, 0.29) is 10.6 Å². The highest BCUT2D eigenvalue weighted by molar-refractivity contribution is 6.33. The van der Waals surface area contributed by atoms with Gasteiger partial charge in [0, 0.05) is 36.8 Å². The lowest BCUT2D eigenvalue weighted by Crippen LogP contribution is -2.05. The van der Waals surface area contributed by atoms with E-state index >= 15 is 0 Å². The number of nitro groups is 1. The van der Waals surface area contributed by atoms with E-state index in [0.717, 1.165) is 29.7 Å². The van der Waals surface area contributed by atoms with Crippen LogP contribution in [0.2, 0.25) is 5.02 Å². The van der Waals surface area contributed by atoms with Crippen molar-refractivity contribution in [2.45, 2.75) is 25.3 Å². The molecule has 1 heterocycles. The highest BCUT2D eigenvalue weighted by Gasteiger charge is 2.31. The van der Waals surface area contributed by atoms with Gasteiger partial charge in [-0.05, 0) is 30.5 Å². The summed E-state index contributed by atoms with van der Waals surface area (Å²) in [5.41, 5.74) is 4.63. The van der Waals surface area contributed by atoms with Crippen molar-refractivity contribution in [3.63, 3.8) is 0 Å². The third kappa shape index (κ3) is 3.40. The van der Waals surface area contributed by atoms with Gasteiger partial charge >= 0.3 is 0 Å². The number of nitrogens with one attached hydrogen (secondary N) is 1. The summed E-state index contributed by atoms with van der Waals surface area (Å²) >= 11 is 6.39. The van der Waals surface area contributed by atoms with Crippen LogP contribution in [0.4, 0.5) is 11.4 Å². The van der Waals surface area contributed by atoms with Crippen LogP contribution in [0.5, 0.6) is 0 Å². The number of anilines is 1. The Morgan fingerprint density at radius 1 is 1.30 bits per heavy atom. The molecule has 0 saturated heterocycles. The Balaban J connectivity index is 1.71. The van der Waals surface area contributed by atoms with Gasteiger partial charge in [-0.2, -0.15) is 0 Å². The number of nitrogens with zero attached hydrogens (tertiary/aromatic N) is 3. The number of aromatic nitrogens is 2. The molecule has 0 spiro atoms. The standard InChI is InChI=1S/C20H19ClN4O2/c1-22-17-10-13(6-9-18(17)25(26)27)11-24-12-23-19(20(24)14-7-8-14)15-4-2-3-5-16(15)21/h2-6,9-10,12,14,22H,7-8,11H2,1H3. The van der Waals surface area contributed by atoms with E-state index in [0.29, 0.717) is 23.2 Å². The van der Waals surface area contributed by atoms with Gasteiger partial charge in [-0.3, -0.25) is 10.1 Å². The van der Waals surface area contributed by atoms with Crippen LogP contribution in [-0.4, -0.2) is 21.5 Å². The Kier molecular flexibility index (Phi) is 4.58. The zero-order chi connectivity index (χ0) is 19.0. The molecule has 1 aromatic heterocycles. The molecule has 7 heteroatoms. The second-order valence-corrected chi connectivity index (χ2v) is 7.13. The normalized spacial score (nSPS) is 13.6. The molecule has 0 aliphatic heterocycles. The van der Waals surface area contributed by atoms with E-state index in [1.54, 1.807) is 19.2 Å². The zero-order valence-electron chi connectivity index (χ0n) is 14.9. The fraction of sp³-hybridized carbons (Fsp3) is 0.250. The molecule has 3 aromatic rings. The molecule has 138 valence electrons. The average molecular weight is 383 g/mol. The van der Waals surface area contributed by atoms with Gasteiger partial charge in [-0.1, -0.05) is 35.9 Å². The van der Waals surface area contributed by atoms with Crippen LogP contribution in [0.1, 0.15) is 30.0 Å².